The van der Waals surface area contributed by atoms with Crippen LogP contribution in [0.2, 0.25) is 0 Å². The number of nitrogens with one attached hydrogen (secondary N) is 1. The summed E-state index contributed by atoms with van der Waals surface area (Å²) in [4.78, 5) is 17.6. The maximum absolute atomic E-state index is 4.52. The highest BCUT2D eigenvalue weighted by Gasteiger charge is 2.07. The van der Waals surface area contributed by atoms with E-state index in [9.17, 15) is 0 Å². The zero-order chi connectivity index (χ0) is 14.4. The summed E-state index contributed by atoms with van der Waals surface area (Å²) in [7, 11) is 0. The lowest BCUT2D eigenvalue weighted by atomic mass is 10.4. The topological polar surface area (TPSA) is 63.6 Å². The van der Waals surface area contributed by atoms with Crippen LogP contribution in [-0.4, -0.2) is 26.5 Å². The molecule has 0 bridgehead atoms. The molecule has 0 unspecified atom stereocenters. The molecule has 20 heavy (non-hydrogen) atoms. The number of anilines is 1. The summed E-state index contributed by atoms with van der Waals surface area (Å²) in [5.41, 5.74) is 0.955. The molecule has 0 aliphatic rings. The van der Waals surface area contributed by atoms with Gasteiger partial charge in [-0.2, -0.15) is 0 Å². The van der Waals surface area contributed by atoms with Gasteiger partial charge in [0.1, 0.15) is 16.7 Å². The summed E-state index contributed by atoms with van der Waals surface area (Å²) < 4.78 is 0. The van der Waals surface area contributed by atoms with Crippen LogP contribution in [0.3, 0.4) is 0 Å². The number of hydrogen-bond acceptors (Lipinski definition) is 6. The number of nitrogens with zero attached hydrogens (tertiary/aromatic N) is 4. The average molecular weight is 289 g/mol. The second-order valence-corrected chi connectivity index (χ2v) is 5.36. The van der Waals surface area contributed by atoms with E-state index in [4.69, 9.17) is 0 Å². The van der Waals surface area contributed by atoms with Gasteiger partial charge in [0.05, 0.1) is 0 Å². The Hall–Kier alpha value is -1.69. The minimum Gasteiger partial charge on any atom is -0.370 e. The number of hydrogen-bond donors (Lipinski definition) is 1. The first-order chi connectivity index (χ1) is 9.71. The molecule has 2 aromatic heterocycles. The Labute approximate surface area is 123 Å². The van der Waals surface area contributed by atoms with E-state index in [1.807, 2.05) is 19.1 Å². The van der Waals surface area contributed by atoms with Crippen LogP contribution in [-0.2, 0) is 6.42 Å². The SMILES string of the molecule is CCCNc1cc(Sc2nccc(C)n2)nc(CC)n1. The first-order valence-corrected chi connectivity index (χ1v) is 7.62. The zero-order valence-electron chi connectivity index (χ0n) is 12.1. The Bertz CT molecular complexity index is 573. The minimum atomic E-state index is 0.715. The Balaban J connectivity index is 2.21. The van der Waals surface area contributed by atoms with Crippen molar-refractivity contribution in [2.45, 2.75) is 43.8 Å². The van der Waals surface area contributed by atoms with E-state index in [-0.39, 0.29) is 0 Å². The molecule has 6 heteroatoms. The Morgan fingerprint density at radius 3 is 2.75 bits per heavy atom. The molecule has 2 heterocycles. The number of aromatic nitrogens is 4. The van der Waals surface area contributed by atoms with Crippen LogP contribution in [0, 0.1) is 6.92 Å². The van der Waals surface area contributed by atoms with Gasteiger partial charge in [-0.1, -0.05) is 13.8 Å². The van der Waals surface area contributed by atoms with Gasteiger partial charge in [0.15, 0.2) is 5.16 Å². The van der Waals surface area contributed by atoms with Crippen molar-refractivity contribution in [2.75, 3.05) is 11.9 Å². The molecular formula is C14H19N5S. The van der Waals surface area contributed by atoms with Crippen LogP contribution >= 0.6 is 11.8 Å². The van der Waals surface area contributed by atoms with Crippen LogP contribution in [0.1, 0.15) is 31.8 Å². The smallest absolute Gasteiger partial charge is 0.194 e. The van der Waals surface area contributed by atoms with Crippen molar-refractivity contribution in [1.82, 2.24) is 19.9 Å². The third kappa shape index (κ3) is 4.16. The molecule has 5 nitrogen and oxygen atoms in total. The van der Waals surface area contributed by atoms with Gasteiger partial charge in [-0.25, -0.2) is 19.9 Å². The normalized spacial score (nSPS) is 10.6. The summed E-state index contributed by atoms with van der Waals surface area (Å²) >= 11 is 1.47. The second-order valence-electron chi connectivity index (χ2n) is 4.37. The zero-order valence-corrected chi connectivity index (χ0v) is 12.9. The summed E-state index contributed by atoms with van der Waals surface area (Å²) in [6.45, 7) is 7.05. The highest BCUT2D eigenvalue weighted by Crippen LogP contribution is 2.24. The quantitative estimate of drug-likeness (QED) is 0.651. The summed E-state index contributed by atoms with van der Waals surface area (Å²) in [6.07, 6.45) is 3.64. The van der Waals surface area contributed by atoms with Crippen molar-refractivity contribution in [1.29, 1.82) is 0 Å². The Morgan fingerprint density at radius 2 is 2.05 bits per heavy atom. The lowest BCUT2D eigenvalue weighted by Crippen LogP contribution is -2.05. The van der Waals surface area contributed by atoms with Gasteiger partial charge < -0.3 is 5.32 Å². The highest BCUT2D eigenvalue weighted by atomic mass is 32.2. The third-order valence-electron chi connectivity index (χ3n) is 2.59. The highest BCUT2D eigenvalue weighted by molar-refractivity contribution is 7.99. The molecule has 0 aromatic carbocycles. The van der Waals surface area contributed by atoms with Crippen molar-refractivity contribution < 1.29 is 0 Å². The molecular weight excluding hydrogens is 270 g/mol. The lowest BCUT2D eigenvalue weighted by molar-refractivity contribution is 0.870. The minimum absolute atomic E-state index is 0.715. The molecule has 0 aliphatic carbocycles. The average Bonchev–Trinajstić information content (AvgIpc) is 2.45. The fourth-order valence-corrected chi connectivity index (χ4v) is 2.41. The van der Waals surface area contributed by atoms with Gasteiger partial charge in [0.2, 0.25) is 0 Å². The molecule has 0 saturated heterocycles. The molecule has 0 radical (unpaired) electrons. The molecule has 0 aliphatic heterocycles. The molecule has 0 saturated carbocycles. The maximum Gasteiger partial charge on any atom is 0.194 e. The Morgan fingerprint density at radius 1 is 1.20 bits per heavy atom. The van der Waals surface area contributed by atoms with E-state index >= 15 is 0 Å². The fourth-order valence-electron chi connectivity index (χ4n) is 1.60. The molecule has 0 fully saturated rings. The predicted octanol–water partition coefficient (Wildman–Crippen LogP) is 3.11. The van der Waals surface area contributed by atoms with Crippen molar-refractivity contribution >= 4 is 17.6 Å². The lowest BCUT2D eigenvalue weighted by Gasteiger charge is -2.08. The maximum atomic E-state index is 4.52. The van der Waals surface area contributed by atoms with Gasteiger partial charge >= 0.3 is 0 Å². The van der Waals surface area contributed by atoms with Crippen LogP contribution in [0.5, 0.6) is 0 Å². The van der Waals surface area contributed by atoms with E-state index in [0.717, 1.165) is 41.7 Å². The first-order valence-electron chi connectivity index (χ1n) is 6.80. The standard InChI is InChI=1S/C14H19N5S/c1-4-7-15-12-9-13(19-11(5-2)18-12)20-14-16-8-6-10(3)17-14/h6,8-9H,4-5,7H2,1-3H3,(H,15,18,19). The molecule has 0 spiro atoms. The predicted molar refractivity (Wildman–Crippen MR) is 81.1 cm³/mol. The van der Waals surface area contributed by atoms with E-state index < -0.39 is 0 Å². The van der Waals surface area contributed by atoms with Gasteiger partial charge in [0.25, 0.3) is 0 Å². The molecule has 1 N–H and O–H groups in total. The molecule has 106 valence electrons. The third-order valence-corrected chi connectivity index (χ3v) is 3.39. The largest absolute Gasteiger partial charge is 0.370 e. The summed E-state index contributed by atoms with van der Waals surface area (Å²) in [6, 6.07) is 3.83. The molecule has 0 amide bonds. The van der Waals surface area contributed by atoms with Crippen LogP contribution in [0.25, 0.3) is 0 Å². The van der Waals surface area contributed by atoms with E-state index in [1.54, 1.807) is 6.20 Å². The van der Waals surface area contributed by atoms with E-state index in [1.165, 1.54) is 11.8 Å². The van der Waals surface area contributed by atoms with Gasteiger partial charge in [0, 0.05) is 30.9 Å². The molecule has 2 rings (SSSR count). The monoisotopic (exact) mass is 289 g/mol. The van der Waals surface area contributed by atoms with Crippen LogP contribution in [0.15, 0.2) is 28.5 Å². The van der Waals surface area contributed by atoms with Crippen molar-refractivity contribution in [3.05, 3.63) is 29.8 Å². The summed E-state index contributed by atoms with van der Waals surface area (Å²) in [5, 5.41) is 4.89. The summed E-state index contributed by atoms with van der Waals surface area (Å²) in [5.74, 6) is 1.70. The van der Waals surface area contributed by atoms with Crippen LogP contribution in [0.4, 0.5) is 5.82 Å². The van der Waals surface area contributed by atoms with Crippen LogP contribution < -0.4 is 5.32 Å². The molecule has 0 atom stereocenters. The van der Waals surface area contributed by atoms with Crippen molar-refractivity contribution in [3.63, 3.8) is 0 Å². The van der Waals surface area contributed by atoms with E-state index in [2.05, 4.69) is 39.1 Å². The van der Waals surface area contributed by atoms with Gasteiger partial charge in [-0.15, -0.1) is 0 Å². The van der Waals surface area contributed by atoms with Gasteiger partial charge in [-0.3, -0.25) is 0 Å². The fraction of sp³-hybridized carbons (Fsp3) is 0.429. The molecule has 2 aromatic rings. The van der Waals surface area contributed by atoms with Gasteiger partial charge in [-0.05, 0) is 31.2 Å². The second kappa shape index (κ2) is 7.19. The first kappa shape index (κ1) is 14.7. The van der Waals surface area contributed by atoms with E-state index in [0.29, 0.717) is 5.16 Å². The number of aryl methyl sites for hydroxylation is 2. The van der Waals surface area contributed by atoms with Crippen molar-refractivity contribution in [3.8, 4) is 0 Å². The van der Waals surface area contributed by atoms with Crippen molar-refractivity contribution in [2.24, 2.45) is 0 Å². The Kier molecular flexibility index (Phi) is 5.29. The number of rotatable bonds is 6.